The lowest BCUT2D eigenvalue weighted by atomic mass is 10.1. The van der Waals surface area contributed by atoms with Crippen molar-refractivity contribution in [1.82, 2.24) is 0 Å². The van der Waals surface area contributed by atoms with Gasteiger partial charge in [-0.3, -0.25) is 4.79 Å². The second kappa shape index (κ2) is 6.41. The number of ether oxygens (including phenoxy) is 1. The van der Waals surface area contributed by atoms with Crippen LogP contribution in [-0.2, 0) is 4.74 Å². The molecule has 2 aromatic rings. The normalized spacial score (nSPS) is 10.0. The summed E-state index contributed by atoms with van der Waals surface area (Å²) < 4.78 is 4.61. The first-order chi connectivity index (χ1) is 10.0. The van der Waals surface area contributed by atoms with Gasteiger partial charge >= 0.3 is 5.97 Å². The molecule has 0 aliphatic heterocycles. The van der Waals surface area contributed by atoms with Crippen LogP contribution in [0.5, 0.6) is 0 Å². The molecule has 0 saturated heterocycles. The third kappa shape index (κ3) is 3.61. The van der Waals surface area contributed by atoms with E-state index in [1.54, 1.807) is 42.5 Å². The van der Waals surface area contributed by atoms with Gasteiger partial charge in [0.25, 0.3) is 5.91 Å². The molecule has 0 radical (unpaired) electrons. The molecule has 21 heavy (non-hydrogen) atoms. The van der Waals surface area contributed by atoms with Crippen molar-refractivity contribution in [1.29, 1.82) is 0 Å². The molecule has 0 fully saturated rings. The van der Waals surface area contributed by atoms with Crippen LogP contribution in [0.15, 0.2) is 42.5 Å². The van der Waals surface area contributed by atoms with Crippen molar-refractivity contribution in [3.8, 4) is 0 Å². The van der Waals surface area contributed by atoms with Gasteiger partial charge in [0, 0.05) is 16.3 Å². The van der Waals surface area contributed by atoms with Crippen LogP contribution in [0.4, 0.5) is 5.69 Å². The molecule has 0 unspecified atom stereocenters. The van der Waals surface area contributed by atoms with Crippen LogP contribution >= 0.6 is 11.6 Å². The molecular formula is C16H14ClNO3. The molecule has 0 aromatic heterocycles. The van der Waals surface area contributed by atoms with E-state index in [-0.39, 0.29) is 5.91 Å². The molecule has 0 spiro atoms. The van der Waals surface area contributed by atoms with Crippen molar-refractivity contribution in [2.24, 2.45) is 0 Å². The molecule has 5 heteroatoms. The van der Waals surface area contributed by atoms with Crippen molar-refractivity contribution in [3.05, 3.63) is 64.2 Å². The third-order valence-corrected chi connectivity index (χ3v) is 3.41. The molecule has 0 heterocycles. The second-order valence-corrected chi connectivity index (χ2v) is 4.89. The van der Waals surface area contributed by atoms with E-state index in [2.05, 4.69) is 10.1 Å². The summed E-state index contributed by atoms with van der Waals surface area (Å²) in [5, 5.41) is 3.28. The van der Waals surface area contributed by atoms with E-state index in [1.165, 1.54) is 7.11 Å². The summed E-state index contributed by atoms with van der Waals surface area (Å²) in [4.78, 5) is 23.4. The number of amides is 1. The highest BCUT2D eigenvalue weighted by Crippen LogP contribution is 2.18. The number of carbonyl (C=O) groups excluding carboxylic acids is 2. The number of methoxy groups -OCH3 is 1. The molecule has 4 nitrogen and oxygen atoms in total. The first-order valence-electron chi connectivity index (χ1n) is 6.27. The van der Waals surface area contributed by atoms with Gasteiger partial charge in [0.1, 0.15) is 0 Å². The summed E-state index contributed by atoms with van der Waals surface area (Å²) in [7, 11) is 1.32. The molecule has 0 saturated carbocycles. The van der Waals surface area contributed by atoms with Crippen LogP contribution in [0.3, 0.4) is 0 Å². The average molecular weight is 304 g/mol. The van der Waals surface area contributed by atoms with Gasteiger partial charge in [-0.1, -0.05) is 17.7 Å². The van der Waals surface area contributed by atoms with Gasteiger partial charge in [-0.25, -0.2) is 4.79 Å². The van der Waals surface area contributed by atoms with Gasteiger partial charge < -0.3 is 10.1 Å². The van der Waals surface area contributed by atoms with Crippen molar-refractivity contribution in [3.63, 3.8) is 0 Å². The van der Waals surface area contributed by atoms with Crippen LogP contribution < -0.4 is 5.32 Å². The van der Waals surface area contributed by atoms with Gasteiger partial charge in [-0.2, -0.15) is 0 Å². The molecule has 0 aliphatic carbocycles. The van der Waals surface area contributed by atoms with Crippen LogP contribution in [0.2, 0.25) is 5.02 Å². The molecule has 0 aliphatic rings. The topological polar surface area (TPSA) is 55.4 Å². The fourth-order valence-corrected chi connectivity index (χ4v) is 1.93. The first-order valence-corrected chi connectivity index (χ1v) is 6.65. The number of rotatable bonds is 3. The summed E-state index contributed by atoms with van der Waals surface area (Å²) in [5.74, 6) is -0.680. The van der Waals surface area contributed by atoms with E-state index in [0.717, 1.165) is 5.56 Å². The predicted molar refractivity (Wildman–Crippen MR) is 81.9 cm³/mol. The Morgan fingerprint density at radius 2 is 1.67 bits per heavy atom. The van der Waals surface area contributed by atoms with Gasteiger partial charge in [0.2, 0.25) is 0 Å². The minimum atomic E-state index is -0.418. The van der Waals surface area contributed by atoms with E-state index in [4.69, 9.17) is 11.6 Å². The molecule has 1 amide bonds. The zero-order chi connectivity index (χ0) is 15.4. The molecule has 2 aromatic carbocycles. The highest BCUT2D eigenvalue weighted by Gasteiger charge is 2.09. The Kier molecular flexibility index (Phi) is 4.60. The minimum absolute atomic E-state index is 0.261. The molecular weight excluding hydrogens is 290 g/mol. The zero-order valence-electron chi connectivity index (χ0n) is 11.6. The average Bonchev–Trinajstić information content (AvgIpc) is 2.50. The number of carbonyl (C=O) groups is 2. The lowest BCUT2D eigenvalue weighted by Crippen LogP contribution is -2.12. The Labute approximate surface area is 127 Å². The van der Waals surface area contributed by atoms with Crippen molar-refractivity contribution >= 4 is 29.2 Å². The Morgan fingerprint density at radius 3 is 2.24 bits per heavy atom. The second-order valence-electron chi connectivity index (χ2n) is 4.49. The quantitative estimate of drug-likeness (QED) is 0.880. The van der Waals surface area contributed by atoms with Gasteiger partial charge in [0.15, 0.2) is 0 Å². The van der Waals surface area contributed by atoms with Gasteiger partial charge in [0.05, 0.1) is 12.7 Å². The zero-order valence-corrected chi connectivity index (χ0v) is 12.4. The number of hydrogen-bond donors (Lipinski definition) is 1. The molecule has 0 atom stereocenters. The lowest BCUT2D eigenvalue weighted by Gasteiger charge is -2.07. The highest BCUT2D eigenvalue weighted by molar-refractivity contribution is 6.31. The first kappa shape index (κ1) is 15.1. The molecule has 0 bridgehead atoms. The van der Waals surface area contributed by atoms with Crippen LogP contribution in [0, 0.1) is 6.92 Å². The fourth-order valence-electron chi connectivity index (χ4n) is 1.74. The van der Waals surface area contributed by atoms with Crippen molar-refractivity contribution < 1.29 is 14.3 Å². The molecule has 108 valence electrons. The van der Waals surface area contributed by atoms with E-state index in [1.807, 2.05) is 6.92 Å². The number of esters is 1. The smallest absolute Gasteiger partial charge is 0.337 e. The Morgan fingerprint density at radius 1 is 1.05 bits per heavy atom. The summed E-state index contributed by atoms with van der Waals surface area (Å²) >= 11 is 6.00. The van der Waals surface area contributed by atoms with Crippen molar-refractivity contribution in [2.45, 2.75) is 6.92 Å². The summed E-state index contributed by atoms with van der Waals surface area (Å²) in [6.45, 7) is 1.87. The fraction of sp³-hybridized carbons (Fsp3) is 0.125. The Hall–Kier alpha value is -2.33. The van der Waals surface area contributed by atoms with Crippen LogP contribution in [0.1, 0.15) is 26.3 Å². The SMILES string of the molecule is COC(=O)c1ccc(NC(=O)c2ccc(C)c(Cl)c2)cc1. The van der Waals surface area contributed by atoms with Crippen LogP contribution in [-0.4, -0.2) is 19.0 Å². The summed E-state index contributed by atoms with van der Waals surface area (Å²) in [6.07, 6.45) is 0. The van der Waals surface area contributed by atoms with E-state index >= 15 is 0 Å². The number of aryl methyl sites for hydroxylation is 1. The molecule has 2 rings (SSSR count). The van der Waals surface area contributed by atoms with Crippen LogP contribution in [0.25, 0.3) is 0 Å². The maximum absolute atomic E-state index is 12.1. The number of halogens is 1. The monoisotopic (exact) mass is 303 g/mol. The Balaban J connectivity index is 2.12. The van der Waals surface area contributed by atoms with Gasteiger partial charge in [-0.05, 0) is 48.9 Å². The lowest BCUT2D eigenvalue weighted by molar-refractivity contribution is 0.0600. The predicted octanol–water partition coefficient (Wildman–Crippen LogP) is 3.69. The highest BCUT2D eigenvalue weighted by atomic mass is 35.5. The summed E-state index contributed by atoms with van der Waals surface area (Å²) in [5.41, 5.74) is 2.40. The van der Waals surface area contributed by atoms with E-state index < -0.39 is 5.97 Å². The van der Waals surface area contributed by atoms with Gasteiger partial charge in [-0.15, -0.1) is 0 Å². The minimum Gasteiger partial charge on any atom is -0.465 e. The van der Waals surface area contributed by atoms with Crippen molar-refractivity contribution in [2.75, 3.05) is 12.4 Å². The number of nitrogens with one attached hydrogen (secondary N) is 1. The maximum atomic E-state index is 12.1. The van der Waals surface area contributed by atoms with E-state index in [9.17, 15) is 9.59 Å². The number of benzene rings is 2. The summed E-state index contributed by atoms with van der Waals surface area (Å²) in [6, 6.07) is 11.6. The maximum Gasteiger partial charge on any atom is 0.337 e. The Bertz CT molecular complexity index is 680. The van der Waals surface area contributed by atoms with E-state index in [0.29, 0.717) is 21.8 Å². The largest absolute Gasteiger partial charge is 0.465 e. The number of anilines is 1. The third-order valence-electron chi connectivity index (χ3n) is 3.00. The molecule has 1 N–H and O–H groups in total. The number of hydrogen-bond acceptors (Lipinski definition) is 3. The standard InChI is InChI=1S/C16H14ClNO3/c1-10-3-4-12(9-14(10)17)15(19)18-13-7-5-11(6-8-13)16(20)21-2/h3-9H,1-2H3,(H,18,19).